The van der Waals surface area contributed by atoms with Crippen molar-refractivity contribution in [3.8, 4) is 11.1 Å². The van der Waals surface area contributed by atoms with Gasteiger partial charge in [-0.3, -0.25) is 4.79 Å². The molecule has 3 N–H and O–H groups in total. The first kappa shape index (κ1) is 14.9. The zero-order chi connectivity index (χ0) is 14.9. The molecule has 0 spiro atoms. The van der Waals surface area contributed by atoms with Crippen LogP contribution in [-0.2, 0) is 11.2 Å². The summed E-state index contributed by atoms with van der Waals surface area (Å²) in [4.78, 5) is 14.9. The van der Waals surface area contributed by atoms with Crippen molar-refractivity contribution in [1.29, 1.82) is 0 Å². The van der Waals surface area contributed by atoms with E-state index in [9.17, 15) is 4.79 Å². The summed E-state index contributed by atoms with van der Waals surface area (Å²) in [6.07, 6.45) is -0.252. The van der Waals surface area contributed by atoms with Gasteiger partial charge >= 0.3 is 5.97 Å². The van der Waals surface area contributed by atoms with E-state index in [0.717, 1.165) is 0 Å². The summed E-state index contributed by atoms with van der Waals surface area (Å²) in [7, 11) is 0. The van der Waals surface area contributed by atoms with Crippen molar-refractivity contribution < 1.29 is 9.90 Å². The summed E-state index contributed by atoms with van der Waals surface area (Å²) in [5, 5.41) is 9.75. The predicted octanol–water partition coefficient (Wildman–Crippen LogP) is 3.92. The van der Waals surface area contributed by atoms with Gasteiger partial charge in [-0.25, -0.2) is 4.98 Å². The Labute approximate surface area is 130 Å². The fourth-order valence-electron chi connectivity index (χ4n) is 1.77. The second-order valence-corrected chi connectivity index (χ2v) is 5.25. The van der Waals surface area contributed by atoms with Gasteiger partial charge < -0.3 is 10.8 Å². The van der Waals surface area contributed by atoms with Crippen molar-refractivity contribution in [2.24, 2.45) is 0 Å². The third kappa shape index (κ3) is 3.15. The Hall–Kier alpha value is -1.49. The third-order valence-corrected chi connectivity index (χ3v) is 3.81. The Morgan fingerprint density at radius 2 is 1.80 bits per heavy atom. The van der Waals surface area contributed by atoms with Crippen LogP contribution in [0.2, 0.25) is 15.1 Å². The fourth-order valence-corrected chi connectivity index (χ4v) is 2.37. The summed E-state index contributed by atoms with van der Waals surface area (Å²) in [6, 6.07) is 6.47. The van der Waals surface area contributed by atoms with E-state index in [-0.39, 0.29) is 27.3 Å². The lowest BCUT2D eigenvalue weighted by Crippen LogP contribution is -2.06. The van der Waals surface area contributed by atoms with Gasteiger partial charge in [-0.2, -0.15) is 0 Å². The molecule has 0 amide bonds. The average Bonchev–Trinajstić information content (AvgIpc) is 2.35. The monoisotopic (exact) mass is 330 g/mol. The van der Waals surface area contributed by atoms with E-state index in [4.69, 9.17) is 45.6 Å². The van der Waals surface area contributed by atoms with Gasteiger partial charge in [-0.05, 0) is 29.8 Å². The fraction of sp³-hybridized carbons (Fsp3) is 0.0769. The number of rotatable bonds is 3. The lowest BCUT2D eigenvalue weighted by atomic mass is 10.0. The highest BCUT2D eigenvalue weighted by Crippen LogP contribution is 2.36. The number of carbonyl (C=O) groups is 1. The maximum absolute atomic E-state index is 10.9. The molecular weight excluding hydrogens is 323 g/mol. The van der Waals surface area contributed by atoms with Gasteiger partial charge in [0.05, 0.1) is 27.2 Å². The maximum atomic E-state index is 10.9. The van der Waals surface area contributed by atoms with E-state index in [1.54, 1.807) is 24.3 Å². The molecule has 0 aliphatic carbocycles. The summed E-state index contributed by atoms with van der Waals surface area (Å²) < 4.78 is 0. The highest BCUT2D eigenvalue weighted by molar-refractivity contribution is 6.48. The van der Waals surface area contributed by atoms with E-state index in [2.05, 4.69) is 4.98 Å². The molecule has 0 unspecified atom stereocenters. The number of benzene rings is 1. The number of nitrogens with two attached hydrogens (primary N) is 1. The first-order chi connectivity index (χ1) is 9.38. The Morgan fingerprint density at radius 1 is 1.20 bits per heavy atom. The molecule has 104 valence electrons. The van der Waals surface area contributed by atoms with E-state index < -0.39 is 5.97 Å². The molecular formula is C13H9Cl3N2O2. The van der Waals surface area contributed by atoms with Gasteiger partial charge in [0.1, 0.15) is 5.82 Å². The van der Waals surface area contributed by atoms with Crippen molar-refractivity contribution in [3.63, 3.8) is 0 Å². The highest BCUT2D eigenvalue weighted by atomic mass is 35.5. The van der Waals surface area contributed by atoms with Gasteiger partial charge in [0.2, 0.25) is 0 Å². The Balaban J connectivity index is 2.60. The van der Waals surface area contributed by atoms with Crippen LogP contribution in [0.25, 0.3) is 11.1 Å². The number of hydrogen-bond donors (Lipinski definition) is 2. The summed E-state index contributed by atoms with van der Waals surface area (Å²) in [5.41, 5.74) is 7.16. The molecule has 0 saturated heterocycles. The smallest absolute Gasteiger partial charge is 0.309 e. The molecule has 4 nitrogen and oxygen atoms in total. The normalized spacial score (nSPS) is 10.6. The minimum absolute atomic E-state index is 0.246. The number of aliphatic carboxylic acids is 1. The van der Waals surface area contributed by atoms with Crippen LogP contribution in [0.5, 0.6) is 0 Å². The zero-order valence-corrected chi connectivity index (χ0v) is 12.3. The first-order valence-electron chi connectivity index (χ1n) is 5.50. The number of halogens is 3. The van der Waals surface area contributed by atoms with E-state index in [1.807, 2.05) is 0 Å². The number of aromatic nitrogens is 1. The maximum Gasteiger partial charge on any atom is 0.309 e. The van der Waals surface area contributed by atoms with Gasteiger partial charge in [0, 0.05) is 5.56 Å². The third-order valence-electron chi connectivity index (χ3n) is 2.61. The highest BCUT2D eigenvalue weighted by Gasteiger charge is 2.14. The predicted molar refractivity (Wildman–Crippen MR) is 80.5 cm³/mol. The molecule has 0 bridgehead atoms. The molecule has 0 atom stereocenters. The molecule has 2 aromatic rings. The molecule has 0 saturated carbocycles. The van der Waals surface area contributed by atoms with E-state index in [1.165, 1.54) is 0 Å². The quantitative estimate of drug-likeness (QED) is 0.836. The molecule has 1 aromatic heterocycles. The number of carboxylic acid groups (broad SMARTS) is 1. The molecule has 1 heterocycles. The van der Waals surface area contributed by atoms with Crippen molar-refractivity contribution in [2.75, 3.05) is 5.73 Å². The SMILES string of the molecule is Nc1ccc(-c2cc(Cl)c(Cl)c(Cl)c2)c(CC(=O)O)n1. The summed E-state index contributed by atoms with van der Waals surface area (Å²) >= 11 is 17.9. The van der Waals surface area contributed by atoms with Gasteiger partial charge in [0.25, 0.3) is 0 Å². The number of nitrogen functional groups attached to an aromatic ring is 1. The molecule has 1 aromatic carbocycles. The second-order valence-electron chi connectivity index (χ2n) is 4.05. The van der Waals surface area contributed by atoms with E-state index >= 15 is 0 Å². The van der Waals surface area contributed by atoms with Crippen LogP contribution in [0.4, 0.5) is 5.82 Å². The zero-order valence-electron chi connectivity index (χ0n) is 10.0. The van der Waals surface area contributed by atoms with Crippen LogP contribution in [0.15, 0.2) is 24.3 Å². The molecule has 0 fully saturated rings. The Bertz CT molecular complexity index is 666. The van der Waals surface area contributed by atoms with Crippen molar-refractivity contribution >= 4 is 46.6 Å². The van der Waals surface area contributed by atoms with Crippen molar-refractivity contribution in [2.45, 2.75) is 6.42 Å². The molecule has 0 radical (unpaired) electrons. The Morgan fingerprint density at radius 3 is 2.35 bits per heavy atom. The summed E-state index contributed by atoms with van der Waals surface area (Å²) in [5.74, 6) is -0.758. The molecule has 0 aliphatic rings. The van der Waals surface area contributed by atoms with Crippen LogP contribution in [0.3, 0.4) is 0 Å². The van der Waals surface area contributed by atoms with Crippen molar-refractivity contribution in [1.82, 2.24) is 4.98 Å². The van der Waals surface area contributed by atoms with Gasteiger partial charge in [-0.1, -0.05) is 34.8 Å². The number of carboxylic acids is 1. The topological polar surface area (TPSA) is 76.2 Å². The number of anilines is 1. The van der Waals surface area contributed by atoms with Crippen LogP contribution in [0.1, 0.15) is 5.69 Å². The van der Waals surface area contributed by atoms with Gasteiger partial charge in [-0.15, -0.1) is 0 Å². The minimum Gasteiger partial charge on any atom is -0.481 e. The van der Waals surface area contributed by atoms with Crippen LogP contribution in [-0.4, -0.2) is 16.1 Å². The molecule has 0 aliphatic heterocycles. The molecule has 7 heteroatoms. The lowest BCUT2D eigenvalue weighted by Gasteiger charge is -2.10. The largest absolute Gasteiger partial charge is 0.481 e. The standard InChI is InChI=1S/C13H9Cl3N2O2/c14-8-3-6(4-9(15)13(8)16)7-1-2-11(17)18-10(7)5-12(19)20/h1-4H,5H2,(H2,17,18)(H,19,20). The van der Waals surface area contributed by atoms with E-state index in [0.29, 0.717) is 16.8 Å². The molecule has 2 rings (SSSR count). The Kier molecular flexibility index (Phi) is 4.38. The number of nitrogens with zero attached hydrogens (tertiary/aromatic N) is 1. The summed E-state index contributed by atoms with van der Waals surface area (Å²) in [6.45, 7) is 0. The van der Waals surface area contributed by atoms with Gasteiger partial charge in [0.15, 0.2) is 0 Å². The number of pyridine rings is 1. The number of hydrogen-bond acceptors (Lipinski definition) is 3. The lowest BCUT2D eigenvalue weighted by molar-refractivity contribution is -0.136. The average molecular weight is 332 g/mol. The molecule has 20 heavy (non-hydrogen) atoms. The van der Waals surface area contributed by atoms with Crippen LogP contribution >= 0.6 is 34.8 Å². The minimum atomic E-state index is -1.00. The van der Waals surface area contributed by atoms with Crippen LogP contribution < -0.4 is 5.73 Å². The first-order valence-corrected chi connectivity index (χ1v) is 6.64. The van der Waals surface area contributed by atoms with Crippen molar-refractivity contribution in [3.05, 3.63) is 45.0 Å². The second kappa shape index (κ2) is 5.87. The van der Waals surface area contributed by atoms with Crippen LogP contribution in [0, 0.1) is 0 Å².